The lowest BCUT2D eigenvalue weighted by Gasteiger charge is -2.16. The average molecular weight is 341 g/mol. The number of benzene rings is 1. The third-order valence-corrected chi connectivity index (χ3v) is 5.25. The van der Waals surface area contributed by atoms with E-state index < -0.39 is 17.6 Å². The smallest absolute Gasteiger partial charge is 0.308 e. The molecule has 2 fully saturated rings. The van der Waals surface area contributed by atoms with Crippen LogP contribution in [0.3, 0.4) is 0 Å². The van der Waals surface area contributed by atoms with Crippen LogP contribution in [0.25, 0.3) is 0 Å². The molecule has 1 saturated carbocycles. The van der Waals surface area contributed by atoms with Gasteiger partial charge in [-0.1, -0.05) is 11.8 Å². The van der Waals surface area contributed by atoms with Crippen molar-refractivity contribution in [3.05, 3.63) is 29.8 Å². The van der Waals surface area contributed by atoms with Crippen molar-refractivity contribution in [2.45, 2.75) is 23.5 Å². The maximum absolute atomic E-state index is 12.5. The molecule has 2 atom stereocenters. The maximum Gasteiger partial charge on any atom is 0.308 e. The van der Waals surface area contributed by atoms with E-state index in [1.807, 2.05) is 0 Å². The van der Waals surface area contributed by atoms with E-state index in [0.29, 0.717) is 34.7 Å². The van der Waals surface area contributed by atoms with Gasteiger partial charge in [-0.25, -0.2) is 0 Å². The zero-order chi connectivity index (χ0) is 16.6. The number of nitrogens with zero attached hydrogens (tertiary/aromatic N) is 1. The van der Waals surface area contributed by atoms with Crippen LogP contribution >= 0.6 is 11.8 Å². The molecule has 1 aromatic rings. The number of carbonyl (C=O) groups excluding carboxylic acids is 1. The molecular formula is C16H17F2NO3S. The molecule has 3 rings (SSSR count). The molecular weight excluding hydrogens is 324 g/mol. The number of aliphatic carboxylic acids is 1. The highest BCUT2D eigenvalue weighted by molar-refractivity contribution is 7.99. The number of rotatable bonds is 5. The summed E-state index contributed by atoms with van der Waals surface area (Å²) in [6.07, 6.45) is 2.08. The van der Waals surface area contributed by atoms with E-state index in [4.69, 9.17) is 0 Å². The fraction of sp³-hybridized carbons (Fsp3) is 0.500. The molecule has 1 aliphatic carbocycles. The lowest BCUT2D eigenvalue weighted by molar-refractivity contribution is -0.142. The van der Waals surface area contributed by atoms with E-state index in [-0.39, 0.29) is 18.4 Å². The third-order valence-electron chi connectivity index (χ3n) is 4.52. The van der Waals surface area contributed by atoms with Crippen LogP contribution in [-0.2, 0) is 4.79 Å². The van der Waals surface area contributed by atoms with Gasteiger partial charge in [-0.3, -0.25) is 9.59 Å². The van der Waals surface area contributed by atoms with Crippen molar-refractivity contribution >= 4 is 23.6 Å². The Morgan fingerprint density at radius 3 is 2.35 bits per heavy atom. The van der Waals surface area contributed by atoms with Crippen molar-refractivity contribution in [3.63, 3.8) is 0 Å². The summed E-state index contributed by atoms with van der Waals surface area (Å²) in [6.45, 7) is 0.691. The van der Waals surface area contributed by atoms with Gasteiger partial charge in [-0.2, -0.15) is 8.78 Å². The summed E-state index contributed by atoms with van der Waals surface area (Å²) in [5.74, 6) is -3.62. The molecule has 1 N–H and O–H groups in total. The normalized spacial score (nSPS) is 24.2. The largest absolute Gasteiger partial charge is 0.481 e. The van der Waals surface area contributed by atoms with Crippen molar-refractivity contribution in [3.8, 4) is 0 Å². The predicted octanol–water partition coefficient (Wildman–Crippen LogP) is 3.18. The summed E-state index contributed by atoms with van der Waals surface area (Å²) in [7, 11) is 0. The number of alkyl halides is 2. The Kier molecular flexibility index (Phi) is 4.57. The summed E-state index contributed by atoms with van der Waals surface area (Å²) in [5.41, 5.74) is 0.407. The Balaban J connectivity index is 1.69. The number of carboxylic acids is 1. The lowest BCUT2D eigenvalue weighted by atomic mass is 9.92. The molecule has 7 heteroatoms. The van der Waals surface area contributed by atoms with Crippen LogP contribution in [0, 0.1) is 17.8 Å². The van der Waals surface area contributed by atoms with Gasteiger partial charge in [-0.15, -0.1) is 0 Å². The number of hydrogen-bond donors (Lipinski definition) is 1. The monoisotopic (exact) mass is 341 g/mol. The van der Waals surface area contributed by atoms with E-state index >= 15 is 0 Å². The first-order chi connectivity index (χ1) is 11.0. The summed E-state index contributed by atoms with van der Waals surface area (Å²) < 4.78 is 24.6. The van der Waals surface area contributed by atoms with Crippen molar-refractivity contribution < 1.29 is 23.5 Å². The lowest BCUT2D eigenvalue weighted by Crippen LogP contribution is -2.29. The quantitative estimate of drug-likeness (QED) is 0.836. The molecule has 0 bridgehead atoms. The van der Waals surface area contributed by atoms with Crippen LogP contribution in [0.15, 0.2) is 29.2 Å². The summed E-state index contributed by atoms with van der Waals surface area (Å²) >= 11 is 0.432. The predicted molar refractivity (Wildman–Crippen MR) is 81.5 cm³/mol. The van der Waals surface area contributed by atoms with Gasteiger partial charge in [-0.05, 0) is 48.9 Å². The Morgan fingerprint density at radius 2 is 1.83 bits per heavy atom. The van der Waals surface area contributed by atoms with E-state index in [9.17, 15) is 23.5 Å². The third kappa shape index (κ3) is 3.65. The highest BCUT2D eigenvalue weighted by atomic mass is 32.2. The van der Waals surface area contributed by atoms with E-state index in [1.54, 1.807) is 4.90 Å². The van der Waals surface area contributed by atoms with Crippen LogP contribution in [0.1, 0.15) is 23.2 Å². The van der Waals surface area contributed by atoms with E-state index in [0.717, 1.165) is 12.8 Å². The van der Waals surface area contributed by atoms with Crippen LogP contribution < -0.4 is 0 Å². The molecule has 1 heterocycles. The number of amides is 1. The van der Waals surface area contributed by atoms with Gasteiger partial charge in [0, 0.05) is 23.5 Å². The molecule has 0 aromatic heterocycles. The molecule has 1 aliphatic heterocycles. The van der Waals surface area contributed by atoms with Crippen molar-refractivity contribution in [1.82, 2.24) is 4.90 Å². The second kappa shape index (κ2) is 6.47. The second-order valence-electron chi connectivity index (χ2n) is 6.06. The molecule has 1 aromatic carbocycles. The summed E-state index contributed by atoms with van der Waals surface area (Å²) in [5, 5.41) is 9.34. The molecule has 0 spiro atoms. The average Bonchev–Trinajstić information content (AvgIpc) is 3.25. The molecule has 1 saturated heterocycles. The topological polar surface area (TPSA) is 57.6 Å². The summed E-state index contributed by atoms with van der Waals surface area (Å²) in [4.78, 5) is 25.9. The minimum Gasteiger partial charge on any atom is -0.481 e. The minimum atomic E-state index is -2.49. The first-order valence-electron chi connectivity index (χ1n) is 7.52. The molecule has 1 amide bonds. The standard InChI is InChI=1S/C16H17F2NO3S/c17-16(18)23-11-5-3-10(4-6-11)14(20)19-7-12(9-1-2-9)13(8-19)15(21)22/h3-6,9,12-13,16H,1-2,7-8H2,(H,21,22)/t12-,13+/m1/s1. The molecule has 23 heavy (non-hydrogen) atoms. The Bertz CT molecular complexity index is 604. The van der Waals surface area contributed by atoms with Crippen molar-refractivity contribution in [2.75, 3.05) is 13.1 Å². The number of halogens is 2. The van der Waals surface area contributed by atoms with Crippen LogP contribution in [0.5, 0.6) is 0 Å². The van der Waals surface area contributed by atoms with Crippen LogP contribution in [-0.4, -0.2) is 40.7 Å². The Hall–Kier alpha value is -1.63. The van der Waals surface area contributed by atoms with E-state index in [1.165, 1.54) is 24.3 Å². The Morgan fingerprint density at radius 1 is 1.17 bits per heavy atom. The minimum absolute atomic E-state index is 0.0325. The Labute approximate surface area is 136 Å². The fourth-order valence-electron chi connectivity index (χ4n) is 3.22. The number of hydrogen-bond acceptors (Lipinski definition) is 3. The van der Waals surface area contributed by atoms with Gasteiger partial charge >= 0.3 is 5.97 Å². The van der Waals surface area contributed by atoms with Gasteiger partial charge in [0.2, 0.25) is 0 Å². The van der Waals surface area contributed by atoms with Gasteiger partial charge in [0.1, 0.15) is 0 Å². The maximum atomic E-state index is 12.5. The number of carboxylic acid groups (broad SMARTS) is 1. The van der Waals surface area contributed by atoms with Crippen LogP contribution in [0.2, 0.25) is 0 Å². The van der Waals surface area contributed by atoms with Crippen molar-refractivity contribution in [1.29, 1.82) is 0 Å². The zero-order valence-electron chi connectivity index (χ0n) is 12.3. The first-order valence-corrected chi connectivity index (χ1v) is 8.40. The van der Waals surface area contributed by atoms with Gasteiger partial charge in [0.25, 0.3) is 11.7 Å². The molecule has 0 radical (unpaired) electrons. The fourth-order valence-corrected chi connectivity index (χ4v) is 3.72. The van der Waals surface area contributed by atoms with Gasteiger partial charge in [0.15, 0.2) is 0 Å². The summed E-state index contributed by atoms with van der Waals surface area (Å²) in [6, 6.07) is 6.03. The van der Waals surface area contributed by atoms with Crippen molar-refractivity contribution in [2.24, 2.45) is 17.8 Å². The number of carbonyl (C=O) groups is 2. The zero-order valence-corrected chi connectivity index (χ0v) is 13.1. The SMILES string of the molecule is O=C(O)[C@H]1CN(C(=O)c2ccc(SC(F)F)cc2)C[C@@H]1C1CC1. The van der Waals surface area contributed by atoms with Gasteiger partial charge < -0.3 is 10.0 Å². The van der Waals surface area contributed by atoms with Gasteiger partial charge in [0.05, 0.1) is 5.92 Å². The first kappa shape index (κ1) is 16.2. The van der Waals surface area contributed by atoms with Crippen LogP contribution in [0.4, 0.5) is 8.78 Å². The number of likely N-dealkylation sites (tertiary alicyclic amines) is 1. The number of thioether (sulfide) groups is 1. The molecule has 124 valence electrons. The second-order valence-corrected chi connectivity index (χ2v) is 7.12. The van der Waals surface area contributed by atoms with E-state index in [2.05, 4.69) is 0 Å². The molecule has 2 aliphatic rings. The molecule has 0 unspecified atom stereocenters. The highest BCUT2D eigenvalue weighted by Gasteiger charge is 2.46. The highest BCUT2D eigenvalue weighted by Crippen LogP contribution is 2.44. The molecule has 4 nitrogen and oxygen atoms in total.